The van der Waals surface area contributed by atoms with Crippen molar-refractivity contribution in [3.63, 3.8) is 0 Å². The number of benzene rings is 1. The largest absolute Gasteiger partial charge is 1.00 e. The van der Waals surface area contributed by atoms with Crippen LogP contribution < -0.4 is 34.9 Å². The summed E-state index contributed by atoms with van der Waals surface area (Å²) in [7, 11) is 0. The van der Waals surface area contributed by atoms with Crippen molar-refractivity contribution in [1.82, 2.24) is 20.1 Å². The van der Waals surface area contributed by atoms with E-state index in [2.05, 4.69) is 15.4 Å². The van der Waals surface area contributed by atoms with E-state index >= 15 is 0 Å². The number of aliphatic hydroxyl groups is 2. The third-order valence-electron chi connectivity index (χ3n) is 5.65. The van der Waals surface area contributed by atoms with Gasteiger partial charge in [-0.1, -0.05) is 26.0 Å². The molecular weight excluding hydrogens is 502 g/mol. The van der Waals surface area contributed by atoms with Crippen LogP contribution in [0.2, 0.25) is 0 Å². The molecule has 198 valence electrons. The number of aliphatic hydroxyl groups excluding tert-OH is 2. The van der Waals surface area contributed by atoms with E-state index in [0.29, 0.717) is 16.9 Å². The Labute approximate surface area is 244 Å². The molecule has 0 saturated carbocycles. The van der Waals surface area contributed by atoms with Gasteiger partial charge in [-0.2, -0.15) is 5.10 Å². The zero-order valence-electron chi connectivity index (χ0n) is 22.9. The number of rotatable bonds is 11. The molecule has 9 nitrogen and oxygen atoms in total. The summed E-state index contributed by atoms with van der Waals surface area (Å²) >= 11 is 0. The number of nitrogens with zero attached hydrogens (tertiary/aromatic N) is 3. The first-order valence-electron chi connectivity index (χ1n) is 11.9. The number of hydrogen-bond acceptors (Lipinski definition) is 6. The number of aromatic nitrogens is 3. The normalized spacial score (nSPS) is 12.8. The van der Waals surface area contributed by atoms with Crippen molar-refractivity contribution < 1.29 is 60.3 Å². The van der Waals surface area contributed by atoms with E-state index in [-0.39, 0.29) is 55.6 Å². The Bertz CT molecular complexity index is 1270. The number of carbonyl (C=O) groups is 2. The minimum Gasteiger partial charge on any atom is -1.00 e. The summed E-state index contributed by atoms with van der Waals surface area (Å²) in [6, 6.07) is 9.33. The number of halogens is 1. The summed E-state index contributed by atoms with van der Waals surface area (Å²) in [6.07, 6.45) is 1.64. The quantitative estimate of drug-likeness (QED) is 0.263. The Morgan fingerprint density at radius 2 is 1.84 bits per heavy atom. The third-order valence-corrected chi connectivity index (χ3v) is 5.65. The van der Waals surface area contributed by atoms with Crippen molar-refractivity contribution in [2.24, 2.45) is 0 Å². The molecule has 0 fully saturated rings. The van der Waals surface area contributed by atoms with Crippen LogP contribution in [0.1, 0.15) is 67.0 Å². The van der Waals surface area contributed by atoms with Gasteiger partial charge in [0.15, 0.2) is 5.69 Å². The summed E-state index contributed by atoms with van der Waals surface area (Å²) in [6.45, 7) is 5.92. The summed E-state index contributed by atoms with van der Waals surface area (Å²) < 4.78 is 15.1. The monoisotopic (exact) mass is 534 g/mol. The number of aryl methyl sites for hydroxylation is 1. The predicted octanol–water partition coefficient (Wildman–Crippen LogP) is 0.485. The predicted molar refractivity (Wildman–Crippen MR) is 137 cm³/mol. The molecule has 11 heteroatoms. The van der Waals surface area contributed by atoms with Crippen molar-refractivity contribution in [3.8, 4) is 5.69 Å². The van der Waals surface area contributed by atoms with Gasteiger partial charge < -0.3 is 22.1 Å². The molecule has 2 aromatic heterocycles. The zero-order chi connectivity index (χ0) is 27.1. The van der Waals surface area contributed by atoms with E-state index in [1.165, 1.54) is 35.0 Å². The van der Waals surface area contributed by atoms with Crippen LogP contribution in [0.4, 0.5) is 4.39 Å². The van der Waals surface area contributed by atoms with Gasteiger partial charge in [0.25, 0.3) is 5.91 Å². The van der Waals surface area contributed by atoms with Crippen LogP contribution in [-0.2, 0) is 11.3 Å². The molecule has 0 spiro atoms. The smallest absolute Gasteiger partial charge is 1.00 e. The van der Waals surface area contributed by atoms with Gasteiger partial charge in [-0.3, -0.25) is 14.6 Å². The van der Waals surface area contributed by atoms with Crippen LogP contribution in [0.25, 0.3) is 11.8 Å². The molecule has 0 unspecified atom stereocenters. The second-order valence-electron chi connectivity index (χ2n) is 9.09. The van der Waals surface area contributed by atoms with Crippen molar-refractivity contribution in [2.45, 2.75) is 58.3 Å². The molecule has 0 aliphatic heterocycles. The SMILES string of the molecule is Cc1ccc(CNC(=O)c2nn(-c3ccc(F)cc3)c(C=C[C@H](O)C[C@@H](O)CC(=O)O)c2C(C)C)cn1.[H-].[Na+]. The number of aliphatic carboxylic acids is 1. The number of carboxylic acids is 1. The molecule has 38 heavy (non-hydrogen) atoms. The maximum atomic E-state index is 13.6. The number of amides is 1. The molecule has 1 amide bonds. The number of carboxylic acid groups (broad SMARTS) is 1. The van der Waals surface area contributed by atoms with Crippen LogP contribution in [-0.4, -0.2) is 54.2 Å². The van der Waals surface area contributed by atoms with E-state index in [0.717, 1.165) is 11.3 Å². The molecule has 0 aliphatic rings. The van der Waals surface area contributed by atoms with Crippen molar-refractivity contribution in [3.05, 3.63) is 82.7 Å². The fourth-order valence-electron chi connectivity index (χ4n) is 3.83. The maximum Gasteiger partial charge on any atom is 1.00 e. The van der Waals surface area contributed by atoms with Crippen LogP contribution >= 0.6 is 0 Å². The number of pyridine rings is 1. The van der Waals surface area contributed by atoms with Gasteiger partial charge in [0.05, 0.1) is 30.0 Å². The molecular formula is C27H32FN4NaO5. The minimum atomic E-state index is -1.22. The number of nitrogens with one attached hydrogen (secondary N) is 1. The molecule has 0 saturated heterocycles. The van der Waals surface area contributed by atoms with Crippen LogP contribution in [0.15, 0.2) is 48.7 Å². The van der Waals surface area contributed by atoms with E-state index in [1.54, 1.807) is 12.3 Å². The summed E-state index contributed by atoms with van der Waals surface area (Å²) in [5.74, 6) is -2.15. The van der Waals surface area contributed by atoms with Gasteiger partial charge in [-0.15, -0.1) is 0 Å². The van der Waals surface area contributed by atoms with Gasteiger partial charge in [0, 0.05) is 30.4 Å². The van der Waals surface area contributed by atoms with Gasteiger partial charge >= 0.3 is 35.5 Å². The average molecular weight is 535 g/mol. The molecule has 0 bridgehead atoms. The van der Waals surface area contributed by atoms with E-state index in [1.807, 2.05) is 32.9 Å². The van der Waals surface area contributed by atoms with Crippen molar-refractivity contribution >= 4 is 18.0 Å². The minimum absolute atomic E-state index is 0. The molecule has 0 aliphatic carbocycles. The zero-order valence-corrected chi connectivity index (χ0v) is 23.9. The van der Waals surface area contributed by atoms with E-state index < -0.39 is 36.3 Å². The molecule has 2 atom stereocenters. The summed E-state index contributed by atoms with van der Waals surface area (Å²) in [4.78, 5) is 28.3. The molecule has 1 aromatic carbocycles. The average Bonchev–Trinajstić information content (AvgIpc) is 3.22. The Hall–Kier alpha value is -2.89. The van der Waals surface area contributed by atoms with Gasteiger partial charge in [-0.05, 0) is 54.8 Å². The number of hydrogen-bond donors (Lipinski definition) is 4. The standard InChI is InChI=1S/C27H31FN4O5.Na.H/c1-16(2)25-23(11-10-21(33)12-22(34)13-24(35)36)32(20-8-6-19(28)7-9-20)31-26(25)27(37)30-15-18-5-4-17(3)29-14-18;;/h4-11,14,16,21-22,33-34H,12-13,15H2,1-3H3,(H,30,37)(H,35,36);;/q;+1;-1/t21-,22+;;/m0../s1. The Balaban J connectivity index is 0.00000380. The first kappa shape index (κ1) is 31.3. The molecule has 3 aromatic rings. The van der Waals surface area contributed by atoms with Gasteiger partial charge in [0.1, 0.15) is 5.82 Å². The van der Waals surface area contributed by atoms with E-state index in [4.69, 9.17) is 5.11 Å². The first-order valence-corrected chi connectivity index (χ1v) is 11.9. The molecule has 4 N–H and O–H groups in total. The van der Waals surface area contributed by atoms with Crippen LogP contribution in [0, 0.1) is 12.7 Å². The van der Waals surface area contributed by atoms with Gasteiger partial charge in [0.2, 0.25) is 0 Å². The summed E-state index contributed by atoms with van der Waals surface area (Å²) in [5, 5.41) is 36.4. The second kappa shape index (κ2) is 14.3. The van der Waals surface area contributed by atoms with Crippen LogP contribution in [0.5, 0.6) is 0 Å². The Morgan fingerprint density at radius 3 is 2.42 bits per heavy atom. The molecule has 2 heterocycles. The Kier molecular flexibility index (Phi) is 11.8. The topological polar surface area (TPSA) is 138 Å². The fraction of sp³-hybridized carbons (Fsp3) is 0.333. The van der Waals surface area contributed by atoms with Crippen molar-refractivity contribution in [2.75, 3.05) is 0 Å². The third kappa shape index (κ3) is 8.57. The van der Waals surface area contributed by atoms with Crippen LogP contribution in [0.3, 0.4) is 0 Å². The first-order chi connectivity index (χ1) is 17.5. The van der Waals surface area contributed by atoms with E-state index in [9.17, 15) is 24.2 Å². The molecule has 0 radical (unpaired) electrons. The fourth-order valence-corrected chi connectivity index (χ4v) is 3.83. The van der Waals surface area contributed by atoms with Crippen molar-refractivity contribution in [1.29, 1.82) is 0 Å². The number of carbonyl (C=O) groups excluding carboxylic acids is 1. The maximum absolute atomic E-state index is 13.6. The Morgan fingerprint density at radius 1 is 1.16 bits per heavy atom. The molecule has 3 rings (SSSR count). The van der Waals surface area contributed by atoms with Gasteiger partial charge in [-0.25, -0.2) is 9.07 Å². The second-order valence-corrected chi connectivity index (χ2v) is 9.09. The summed E-state index contributed by atoms with van der Waals surface area (Å²) in [5.41, 5.74) is 3.48.